The van der Waals surface area contributed by atoms with E-state index in [1.54, 1.807) is 33.8 Å². The maximum Gasteiger partial charge on any atom is 0.477 e. The summed E-state index contributed by atoms with van der Waals surface area (Å²) in [5.41, 5.74) is 0.542. The van der Waals surface area contributed by atoms with Crippen LogP contribution in [0.4, 0.5) is 4.39 Å². The Labute approximate surface area is 190 Å². The van der Waals surface area contributed by atoms with E-state index < -0.39 is 29.8 Å². The maximum absolute atomic E-state index is 14.5. The fourth-order valence-corrected chi connectivity index (χ4v) is 6.16. The van der Waals surface area contributed by atoms with E-state index >= 15 is 0 Å². The molecule has 1 aliphatic heterocycles. The molecule has 170 valence electrons. The molecule has 0 spiro atoms. The minimum absolute atomic E-state index is 0.0345. The summed E-state index contributed by atoms with van der Waals surface area (Å²) in [6, 6.07) is 2.98. The predicted octanol–water partition coefficient (Wildman–Crippen LogP) is 5.51. The van der Waals surface area contributed by atoms with Crippen LogP contribution in [0.25, 0.3) is 0 Å². The van der Waals surface area contributed by atoms with E-state index in [2.05, 4.69) is 20.8 Å². The number of halogens is 2. The lowest BCUT2D eigenvalue weighted by atomic mass is 9.43. The Morgan fingerprint density at radius 2 is 2.00 bits per heavy atom. The first-order valence-corrected chi connectivity index (χ1v) is 11.7. The summed E-state index contributed by atoms with van der Waals surface area (Å²) in [6.45, 7) is 13.8. The molecule has 4 nitrogen and oxygen atoms in total. The van der Waals surface area contributed by atoms with Crippen LogP contribution in [0.3, 0.4) is 0 Å². The van der Waals surface area contributed by atoms with E-state index in [1.165, 1.54) is 12.5 Å². The lowest BCUT2D eigenvalue weighted by molar-refractivity contribution is -0.199. The topological polar surface area (TPSA) is 44.8 Å². The molecule has 3 aliphatic carbocycles. The quantitative estimate of drug-likeness (QED) is 0.345. The van der Waals surface area contributed by atoms with Crippen LogP contribution in [-0.4, -0.2) is 35.7 Å². The minimum atomic E-state index is -0.702. The van der Waals surface area contributed by atoms with Gasteiger partial charge in [-0.25, -0.2) is 9.18 Å². The largest absolute Gasteiger partial charge is 0.477 e. The highest BCUT2D eigenvalue weighted by molar-refractivity contribution is 6.60. The van der Waals surface area contributed by atoms with Crippen molar-refractivity contribution in [2.45, 2.75) is 90.3 Å². The third-order valence-electron chi connectivity index (χ3n) is 7.81. The summed E-state index contributed by atoms with van der Waals surface area (Å²) < 4.78 is 32.6. The average molecular weight is 451 g/mol. The number of hydrogen-bond acceptors (Lipinski definition) is 4. The number of carbonyl (C=O) groups excluding carboxylic acids is 1. The van der Waals surface area contributed by atoms with E-state index in [4.69, 9.17) is 25.6 Å². The van der Waals surface area contributed by atoms with E-state index in [0.717, 1.165) is 12.0 Å². The highest BCUT2D eigenvalue weighted by Crippen LogP contribution is 2.65. The number of alkyl halides is 1. The molecule has 2 bridgehead atoms. The Morgan fingerprint density at radius 1 is 1.32 bits per heavy atom. The standard InChI is InChI=1S/C24H33BClFO4/c1-13-14(8-9-16(27)20(13)21(28)29-22(2,3)4)10-19(26)25-30-18-12-15-11-17(23(15,5)6)24(18,7)31-25/h8-9,15,17-19H,10-12H2,1-7H3/t15?,17?,18?,19-,24+/m1/s1. The van der Waals surface area contributed by atoms with Gasteiger partial charge in [0.1, 0.15) is 11.4 Å². The number of esters is 1. The molecule has 1 heterocycles. The van der Waals surface area contributed by atoms with Crippen LogP contribution in [0.15, 0.2) is 12.1 Å². The molecule has 3 saturated carbocycles. The summed E-state index contributed by atoms with van der Waals surface area (Å²) >= 11 is 6.77. The second-order valence-electron chi connectivity index (χ2n) is 11.3. The first kappa shape index (κ1) is 23.1. The van der Waals surface area contributed by atoms with Crippen LogP contribution >= 0.6 is 11.6 Å². The van der Waals surface area contributed by atoms with Gasteiger partial charge in [0.25, 0.3) is 0 Å². The number of benzene rings is 1. The van der Waals surface area contributed by atoms with Crippen molar-refractivity contribution in [1.29, 1.82) is 0 Å². The zero-order valence-electron chi connectivity index (χ0n) is 19.6. The normalized spacial score (nSPS) is 32.3. The van der Waals surface area contributed by atoms with Crippen molar-refractivity contribution in [3.8, 4) is 0 Å². The summed E-state index contributed by atoms with van der Waals surface area (Å²) in [5.74, 6) is -0.119. The van der Waals surface area contributed by atoms with Gasteiger partial charge in [0.2, 0.25) is 0 Å². The Bertz CT molecular complexity index is 898. The van der Waals surface area contributed by atoms with Gasteiger partial charge >= 0.3 is 13.1 Å². The highest BCUT2D eigenvalue weighted by atomic mass is 35.5. The van der Waals surface area contributed by atoms with Crippen molar-refractivity contribution in [2.75, 3.05) is 0 Å². The van der Waals surface area contributed by atoms with Crippen LogP contribution in [0, 0.1) is 30.0 Å². The highest BCUT2D eigenvalue weighted by Gasteiger charge is 2.68. The van der Waals surface area contributed by atoms with Crippen LogP contribution < -0.4 is 0 Å². The predicted molar refractivity (Wildman–Crippen MR) is 120 cm³/mol. The lowest BCUT2D eigenvalue weighted by Crippen LogP contribution is -2.65. The Kier molecular flexibility index (Phi) is 5.55. The van der Waals surface area contributed by atoms with Crippen LogP contribution in [0.2, 0.25) is 0 Å². The molecule has 4 fully saturated rings. The monoisotopic (exact) mass is 450 g/mol. The smallest absolute Gasteiger partial charge is 0.456 e. The van der Waals surface area contributed by atoms with Crippen molar-refractivity contribution in [2.24, 2.45) is 17.3 Å². The first-order valence-electron chi connectivity index (χ1n) is 11.2. The Hall–Kier alpha value is -1.11. The van der Waals surface area contributed by atoms with Gasteiger partial charge < -0.3 is 14.0 Å². The minimum Gasteiger partial charge on any atom is -0.456 e. The number of hydrogen-bond donors (Lipinski definition) is 0. The van der Waals surface area contributed by atoms with E-state index in [-0.39, 0.29) is 22.7 Å². The molecule has 5 atom stereocenters. The van der Waals surface area contributed by atoms with Crippen molar-refractivity contribution in [1.82, 2.24) is 0 Å². The molecule has 7 heteroatoms. The fourth-order valence-electron chi connectivity index (χ4n) is 5.88. The molecule has 0 aromatic heterocycles. The van der Waals surface area contributed by atoms with Gasteiger partial charge in [-0.2, -0.15) is 0 Å². The summed E-state index contributed by atoms with van der Waals surface area (Å²) in [7, 11) is -0.527. The molecule has 5 rings (SSSR count). The van der Waals surface area contributed by atoms with Crippen LogP contribution in [0.1, 0.15) is 75.9 Å². The van der Waals surface area contributed by atoms with E-state index in [9.17, 15) is 9.18 Å². The lowest BCUT2D eigenvalue weighted by Gasteiger charge is -2.64. The summed E-state index contributed by atoms with van der Waals surface area (Å²) in [5, 5.41) is -0.446. The zero-order valence-corrected chi connectivity index (χ0v) is 20.3. The van der Waals surface area contributed by atoms with Crippen molar-refractivity contribution < 1.29 is 23.2 Å². The van der Waals surface area contributed by atoms with Gasteiger partial charge in [0, 0.05) is 0 Å². The molecule has 4 aliphatic rings. The second kappa shape index (κ2) is 7.46. The molecular weight excluding hydrogens is 418 g/mol. The average Bonchev–Trinajstić information content (AvgIpc) is 2.99. The molecule has 1 aromatic carbocycles. The third-order valence-corrected chi connectivity index (χ3v) is 8.17. The molecule has 1 aromatic rings. The van der Waals surface area contributed by atoms with Gasteiger partial charge in [0.05, 0.1) is 22.5 Å². The van der Waals surface area contributed by atoms with Gasteiger partial charge in [-0.3, -0.25) is 0 Å². The van der Waals surface area contributed by atoms with E-state index in [0.29, 0.717) is 23.8 Å². The van der Waals surface area contributed by atoms with Gasteiger partial charge in [-0.05, 0) is 88.3 Å². The number of ether oxygens (including phenoxy) is 1. The molecule has 0 N–H and O–H groups in total. The van der Waals surface area contributed by atoms with Gasteiger partial charge in [-0.1, -0.05) is 19.9 Å². The third kappa shape index (κ3) is 3.83. The molecule has 0 radical (unpaired) electrons. The molecule has 3 unspecified atom stereocenters. The maximum atomic E-state index is 14.5. The fraction of sp³-hybridized carbons (Fsp3) is 0.708. The van der Waals surface area contributed by atoms with Crippen LogP contribution in [-0.2, 0) is 20.5 Å². The SMILES string of the molecule is Cc1c(C[C@@H](Cl)B2OC3CC4CC(C4(C)C)[C@]3(C)O2)ccc(F)c1C(=O)OC(C)(C)C. The molecule has 31 heavy (non-hydrogen) atoms. The van der Waals surface area contributed by atoms with Gasteiger partial charge in [-0.15, -0.1) is 11.6 Å². The molecule has 0 amide bonds. The molecular formula is C24H33BClFO4. The van der Waals surface area contributed by atoms with Crippen LogP contribution in [0.5, 0.6) is 0 Å². The van der Waals surface area contributed by atoms with Gasteiger partial charge in [0.15, 0.2) is 0 Å². The Morgan fingerprint density at radius 3 is 2.61 bits per heavy atom. The van der Waals surface area contributed by atoms with Crippen molar-refractivity contribution >= 4 is 24.7 Å². The van der Waals surface area contributed by atoms with E-state index in [1.807, 2.05) is 0 Å². The Balaban J connectivity index is 1.50. The second-order valence-corrected chi connectivity index (χ2v) is 11.8. The first-order chi connectivity index (χ1) is 14.2. The number of rotatable bonds is 4. The summed E-state index contributed by atoms with van der Waals surface area (Å²) in [6.07, 6.45) is 2.65. The number of carbonyl (C=O) groups is 1. The summed E-state index contributed by atoms with van der Waals surface area (Å²) in [4.78, 5) is 12.6. The van der Waals surface area contributed by atoms with Crippen molar-refractivity contribution in [3.05, 3.63) is 34.6 Å². The molecule has 1 saturated heterocycles. The van der Waals surface area contributed by atoms with Crippen molar-refractivity contribution in [3.63, 3.8) is 0 Å². The zero-order chi connectivity index (χ0) is 22.9.